The molecule has 0 saturated carbocycles. The van der Waals surface area contributed by atoms with Crippen LogP contribution in [0.5, 0.6) is 0 Å². The molecular weight excluding hydrogens is 308 g/mol. The zero-order valence-corrected chi connectivity index (χ0v) is 13.1. The first-order valence-corrected chi connectivity index (χ1v) is 7.46. The largest absolute Gasteiger partial charge is 0.352 e. The van der Waals surface area contributed by atoms with E-state index in [1.165, 1.54) is 4.57 Å². The van der Waals surface area contributed by atoms with Gasteiger partial charge >= 0.3 is 5.69 Å². The number of nitriles is 1. The van der Waals surface area contributed by atoms with E-state index in [1.807, 2.05) is 30.3 Å². The van der Waals surface area contributed by atoms with Crippen LogP contribution in [0.2, 0.25) is 0 Å². The predicted molar refractivity (Wildman–Crippen MR) is 89.6 cm³/mol. The van der Waals surface area contributed by atoms with Crippen LogP contribution in [0.4, 0.5) is 5.95 Å². The number of benzene rings is 1. The number of aryl methyl sites for hydroxylation is 2. The molecule has 0 bridgehead atoms. The van der Waals surface area contributed by atoms with Crippen LogP contribution in [-0.4, -0.2) is 19.1 Å². The second-order valence-electron chi connectivity index (χ2n) is 5.32. The molecule has 24 heavy (non-hydrogen) atoms. The standard InChI is InChI=1S/C16H16N6O2/c1-21-13-12(14(23)20-16(21)24)22(9-5-8-17)15(19-13)18-10-11-6-3-2-4-7-11/h2-4,6-7H,5,9-10H2,1H3,(H,18,19)(H,20,23,24). The van der Waals surface area contributed by atoms with Crippen LogP contribution in [0.1, 0.15) is 12.0 Å². The van der Waals surface area contributed by atoms with Crippen LogP contribution >= 0.6 is 0 Å². The number of hydrogen-bond acceptors (Lipinski definition) is 5. The summed E-state index contributed by atoms with van der Waals surface area (Å²) in [5.41, 5.74) is 0.595. The first kappa shape index (κ1) is 15.6. The van der Waals surface area contributed by atoms with Crippen molar-refractivity contribution >= 4 is 17.1 Å². The van der Waals surface area contributed by atoms with Crippen molar-refractivity contribution < 1.29 is 0 Å². The Balaban J connectivity index is 2.07. The molecule has 2 N–H and O–H groups in total. The maximum absolute atomic E-state index is 12.2. The average molecular weight is 324 g/mol. The van der Waals surface area contributed by atoms with E-state index in [1.54, 1.807) is 11.6 Å². The SMILES string of the molecule is Cn1c(=O)[nH]c(=O)c2c1nc(NCc1ccccc1)n2CCC#N. The Morgan fingerprint density at radius 1 is 1.29 bits per heavy atom. The monoisotopic (exact) mass is 324 g/mol. The maximum Gasteiger partial charge on any atom is 0.329 e. The first-order valence-electron chi connectivity index (χ1n) is 7.46. The van der Waals surface area contributed by atoms with Gasteiger partial charge in [0.1, 0.15) is 0 Å². The molecule has 0 fully saturated rings. The number of aromatic amines is 1. The minimum atomic E-state index is -0.521. The van der Waals surface area contributed by atoms with Crippen molar-refractivity contribution in [2.24, 2.45) is 7.05 Å². The molecule has 0 amide bonds. The molecular formula is C16H16N6O2. The van der Waals surface area contributed by atoms with Gasteiger partial charge in [0.2, 0.25) is 5.95 Å². The smallest absolute Gasteiger partial charge is 0.329 e. The normalized spacial score (nSPS) is 10.7. The van der Waals surface area contributed by atoms with E-state index in [4.69, 9.17) is 5.26 Å². The van der Waals surface area contributed by atoms with Crippen molar-refractivity contribution in [2.75, 3.05) is 5.32 Å². The van der Waals surface area contributed by atoms with Crippen LogP contribution in [-0.2, 0) is 20.1 Å². The van der Waals surface area contributed by atoms with Crippen LogP contribution in [0, 0.1) is 11.3 Å². The molecule has 8 nitrogen and oxygen atoms in total. The van der Waals surface area contributed by atoms with E-state index in [9.17, 15) is 9.59 Å². The fourth-order valence-electron chi connectivity index (χ4n) is 2.53. The summed E-state index contributed by atoms with van der Waals surface area (Å²) in [6.07, 6.45) is 0.230. The van der Waals surface area contributed by atoms with Crippen LogP contribution < -0.4 is 16.6 Å². The van der Waals surface area contributed by atoms with E-state index in [0.29, 0.717) is 19.0 Å². The third-order valence-electron chi connectivity index (χ3n) is 3.75. The van der Waals surface area contributed by atoms with Crippen molar-refractivity contribution in [2.45, 2.75) is 19.5 Å². The highest BCUT2D eigenvalue weighted by Crippen LogP contribution is 2.16. The number of hydrogen-bond donors (Lipinski definition) is 2. The van der Waals surface area contributed by atoms with E-state index in [2.05, 4.69) is 21.4 Å². The zero-order valence-electron chi connectivity index (χ0n) is 13.1. The van der Waals surface area contributed by atoms with E-state index in [-0.39, 0.29) is 17.6 Å². The molecule has 122 valence electrons. The van der Waals surface area contributed by atoms with Crippen LogP contribution in [0.15, 0.2) is 39.9 Å². The fraction of sp³-hybridized carbons (Fsp3) is 0.250. The average Bonchev–Trinajstić information content (AvgIpc) is 2.96. The number of H-pyrrole nitrogens is 1. The van der Waals surface area contributed by atoms with Crippen molar-refractivity contribution in [3.8, 4) is 6.07 Å². The Bertz CT molecular complexity index is 1020. The lowest BCUT2D eigenvalue weighted by molar-refractivity contribution is 0.733. The molecule has 0 unspecified atom stereocenters. The number of fused-ring (bicyclic) bond motifs is 1. The number of anilines is 1. The molecule has 0 aliphatic heterocycles. The molecule has 3 rings (SSSR count). The lowest BCUT2D eigenvalue weighted by Crippen LogP contribution is -2.29. The minimum Gasteiger partial charge on any atom is -0.352 e. The second kappa shape index (κ2) is 6.42. The number of imidazole rings is 1. The summed E-state index contributed by atoms with van der Waals surface area (Å²) in [6.45, 7) is 0.827. The summed E-state index contributed by atoms with van der Waals surface area (Å²) in [5.74, 6) is 0.454. The van der Waals surface area contributed by atoms with Crippen molar-refractivity contribution in [1.29, 1.82) is 5.26 Å². The molecule has 0 spiro atoms. The molecule has 8 heteroatoms. The number of aromatic nitrogens is 4. The molecule has 2 aromatic heterocycles. The molecule has 0 radical (unpaired) electrons. The number of nitrogens with one attached hydrogen (secondary N) is 2. The van der Waals surface area contributed by atoms with Gasteiger partial charge in [-0.2, -0.15) is 10.2 Å². The lowest BCUT2D eigenvalue weighted by Gasteiger charge is -2.08. The second-order valence-corrected chi connectivity index (χ2v) is 5.32. The highest BCUT2D eigenvalue weighted by molar-refractivity contribution is 5.74. The third kappa shape index (κ3) is 2.79. The minimum absolute atomic E-state index is 0.230. The molecule has 3 aromatic rings. The Kier molecular flexibility index (Phi) is 4.16. The molecule has 2 heterocycles. The zero-order chi connectivity index (χ0) is 17.1. The summed E-state index contributed by atoms with van der Waals surface area (Å²) in [7, 11) is 1.54. The van der Waals surface area contributed by atoms with Gasteiger partial charge in [-0.3, -0.25) is 14.3 Å². The first-order chi connectivity index (χ1) is 11.6. The van der Waals surface area contributed by atoms with E-state index in [0.717, 1.165) is 5.56 Å². The van der Waals surface area contributed by atoms with Crippen molar-refractivity contribution in [3.05, 3.63) is 56.7 Å². The van der Waals surface area contributed by atoms with Gasteiger partial charge in [-0.05, 0) is 5.56 Å². The van der Waals surface area contributed by atoms with Crippen LogP contribution in [0.3, 0.4) is 0 Å². The van der Waals surface area contributed by atoms with E-state index >= 15 is 0 Å². The molecule has 0 saturated heterocycles. The summed E-state index contributed by atoms with van der Waals surface area (Å²) < 4.78 is 2.92. The van der Waals surface area contributed by atoms with Gasteiger partial charge in [0.15, 0.2) is 11.2 Å². The summed E-state index contributed by atoms with van der Waals surface area (Å²) in [5, 5.41) is 12.0. The lowest BCUT2D eigenvalue weighted by atomic mass is 10.2. The van der Waals surface area contributed by atoms with Crippen LogP contribution in [0.25, 0.3) is 11.2 Å². The highest BCUT2D eigenvalue weighted by atomic mass is 16.2. The van der Waals surface area contributed by atoms with Crippen molar-refractivity contribution in [3.63, 3.8) is 0 Å². The Morgan fingerprint density at radius 3 is 2.75 bits per heavy atom. The third-order valence-corrected chi connectivity index (χ3v) is 3.75. The quantitative estimate of drug-likeness (QED) is 0.726. The van der Waals surface area contributed by atoms with Gasteiger partial charge in [-0.25, -0.2) is 4.79 Å². The van der Waals surface area contributed by atoms with Gasteiger partial charge in [0.05, 0.1) is 12.5 Å². The Hall–Kier alpha value is -3.34. The number of nitrogens with zero attached hydrogens (tertiary/aromatic N) is 4. The fourth-order valence-corrected chi connectivity index (χ4v) is 2.53. The topological polar surface area (TPSA) is 108 Å². The highest BCUT2D eigenvalue weighted by Gasteiger charge is 2.16. The summed E-state index contributed by atoms with van der Waals surface area (Å²) in [4.78, 5) is 30.6. The van der Waals surface area contributed by atoms with Gasteiger partial charge in [0, 0.05) is 20.1 Å². The molecule has 0 atom stereocenters. The predicted octanol–water partition coefficient (Wildman–Crippen LogP) is 0.949. The van der Waals surface area contributed by atoms with Crippen molar-refractivity contribution in [1.82, 2.24) is 19.1 Å². The summed E-state index contributed by atoms with van der Waals surface area (Å²) in [6, 6.07) is 11.8. The number of rotatable bonds is 5. The van der Waals surface area contributed by atoms with Gasteiger partial charge in [-0.15, -0.1) is 0 Å². The van der Waals surface area contributed by atoms with Gasteiger partial charge in [-0.1, -0.05) is 30.3 Å². The van der Waals surface area contributed by atoms with Gasteiger partial charge in [0.25, 0.3) is 5.56 Å². The molecule has 0 aliphatic carbocycles. The molecule has 0 aliphatic rings. The maximum atomic E-state index is 12.2. The Labute approximate surface area is 137 Å². The van der Waals surface area contributed by atoms with E-state index < -0.39 is 11.2 Å². The summed E-state index contributed by atoms with van der Waals surface area (Å²) >= 11 is 0. The Morgan fingerprint density at radius 2 is 2.04 bits per heavy atom. The van der Waals surface area contributed by atoms with Gasteiger partial charge < -0.3 is 9.88 Å². The molecule has 1 aromatic carbocycles.